The van der Waals surface area contributed by atoms with Crippen LogP contribution >= 0.6 is 12.4 Å². The van der Waals surface area contributed by atoms with Crippen molar-refractivity contribution >= 4 is 18.2 Å². The van der Waals surface area contributed by atoms with E-state index in [1.807, 2.05) is 0 Å². The Bertz CT molecular complexity index is 328. The van der Waals surface area contributed by atoms with Gasteiger partial charge < -0.3 is 4.90 Å². The van der Waals surface area contributed by atoms with Gasteiger partial charge in [0, 0.05) is 20.0 Å². The van der Waals surface area contributed by atoms with E-state index in [2.05, 4.69) is 24.9 Å². The summed E-state index contributed by atoms with van der Waals surface area (Å²) >= 11 is 0. The van der Waals surface area contributed by atoms with E-state index in [4.69, 9.17) is 0 Å². The van der Waals surface area contributed by atoms with Crippen molar-refractivity contribution in [1.29, 1.82) is 0 Å². The number of allylic oxidation sites excluding steroid dienone is 2. The standard InChI is InChI=1S/C20H37NO.ClH/c1-3-4-5-6-7-8-9-10-11-12-15-18-21(2)19-16-13-14-17-20(19)22;/h16H,3-15,17-18H2,1-2H3;1H. The van der Waals surface area contributed by atoms with Gasteiger partial charge in [-0.05, 0) is 19.3 Å². The molecule has 0 aromatic carbocycles. The molecule has 1 rings (SSSR count). The first-order valence-electron chi connectivity index (χ1n) is 9.70. The average Bonchev–Trinajstić information content (AvgIpc) is 2.53. The Morgan fingerprint density at radius 2 is 1.43 bits per heavy atom. The van der Waals surface area contributed by atoms with Crippen LogP contribution in [0.2, 0.25) is 0 Å². The molecule has 0 bridgehead atoms. The van der Waals surface area contributed by atoms with Crippen LogP contribution in [0, 0.1) is 0 Å². The number of carbonyl (C=O) groups excluding carboxylic acids is 1. The second-order valence-corrected chi connectivity index (χ2v) is 6.86. The molecule has 0 N–H and O–H groups in total. The van der Waals surface area contributed by atoms with E-state index in [1.165, 1.54) is 70.6 Å². The van der Waals surface area contributed by atoms with Crippen LogP contribution in [-0.4, -0.2) is 24.3 Å². The van der Waals surface area contributed by atoms with Crippen LogP contribution in [0.15, 0.2) is 11.8 Å². The van der Waals surface area contributed by atoms with Gasteiger partial charge in [-0.1, -0.05) is 77.2 Å². The van der Waals surface area contributed by atoms with Gasteiger partial charge in [-0.15, -0.1) is 12.4 Å². The summed E-state index contributed by atoms with van der Waals surface area (Å²) in [7, 11) is 2.07. The SMILES string of the molecule is CCCCCCCCCCCCCN(C)C1=CCCCC1=O.Cl. The summed E-state index contributed by atoms with van der Waals surface area (Å²) in [6.45, 7) is 3.31. The van der Waals surface area contributed by atoms with Crippen molar-refractivity contribution < 1.29 is 4.79 Å². The molecule has 23 heavy (non-hydrogen) atoms. The van der Waals surface area contributed by atoms with E-state index in [0.717, 1.165) is 31.5 Å². The fourth-order valence-corrected chi connectivity index (χ4v) is 3.25. The molecule has 0 radical (unpaired) electrons. The number of ketones is 1. The third-order valence-corrected chi connectivity index (χ3v) is 4.74. The summed E-state index contributed by atoms with van der Waals surface area (Å²) in [6, 6.07) is 0. The zero-order chi connectivity index (χ0) is 16.0. The highest BCUT2D eigenvalue weighted by Crippen LogP contribution is 2.17. The summed E-state index contributed by atoms with van der Waals surface area (Å²) in [4.78, 5) is 14.0. The van der Waals surface area contributed by atoms with Crippen LogP contribution in [0.4, 0.5) is 0 Å². The number of hydrogen-bond acceptors (Lipinski definition) is 2. The molecule has 1 aliphatic carbocycles. The number of unbranched alkanes of at least 4 members (excludes halogenated alkanes) is 10. The molecule has 0 fully saturated rings. The lowest BCUT2D eigenvalue weighted by Crippen LogP contribution is -2.26. The molecule has 0 atom stereocenters. The number of likely N-dealkylation sites (N-methyl/N-ethyl adjacent to an activating group) is 1. The highest BCUT2D eigenvalue weighted by molar-refractivity contribution is 5.95. The molecular weight excluding hydrogens is 306 g/mol. The van der Waals surface area contributed by atoms with Crippen molar-refractivity contribution in [3.63, 3.8) is 0 Å². The highest BCUT2D eigenvalue weighted by Gasteiger charge is 2.16. The average molecular weight is 344 g/mol. The zero-order valence-electron chi connectivity index (χ0n) is 15.4. The highest BCUT2D eigenvalue weighted by atomic mass is 35.5. The molecule has 3 heteroatoms. The minimum absolute atomic E-state index is 0. The van der Waals surface area contributed by atoms with Crippen LogP contribution in [0.25, 0.3) is 0 Å². The first-order valence-corrected chi connectivity index (χ1v) is 9.70. The van der Waals surface area contributed by atoms with Crippen molar-refractivity contribution in [2.45, 2.75) is 96.8 Å². The van der Waals surface area contributed by atoms with Gasteiger partial charge in [0.2, 0.25) is 0 Å². The Morgan fingerprint density at radius 3 is 1.96 bits per heavy atom. The van der Waals surface area contributed by atoms with Gasteiger partial charge in [-0.2, -0.15) is 0 Å². The smallest absolute Gasteiger partial charge is 0.178 e. The Hall–Kier alpha value is -0.500. The normalized spacial score (nSPS) is 14.3. The zero-order valence-corrected chi connectivity index (χ0v) is 16.3. The topological polar surface area (TPSA) is 20.3 Å². The van der Waals surface area contributed by atoms with Crippen LogP contribution in [0.3, 0.4) is 0 Å². The lowest BCUT2D eigenvalue weighted by atomic mass is 10.0. The number of Topliss-reactive ketones (excluding diaryl/α,β-unsaturated/α-hetero) is 1. The van der Waals surface area contributed by atoms with E-state index in [0.29, 0.717) is 5.78 Å². The summed E-state index contributed by atoms with van der Waals surface area (Å²) in [5, 5.41) is 0. The minimum Gasteiger partial charge on any atom is -0.372 e. The summed E-state index contributed by atoms with van der Waals surface area (Å²) in [6.07, 6.45) is 20.1. The molecule has 2 nitrogen and oxygen atoms in total. The molecule has 136 valence electrons. The van der Waals surface area contributed by atoms with E-state index in [-0.39, 0.29) is 12.4 Å². The minimum atomic E-state index is 0. The second kappa shape index (κ2) is 15.1. The van der Waals surface area contributed by atoms with Crippen molar-refractivity contribution in [2.75, 3.05) is 13.6 Å². The van der Waals surface area contributed by atoms with Gasteiger partial charge in [0.05, 0.1) is 5.70 Å². The van der Waals surface area contributed by atoms with E-state index in [9.17, 15) is 4.79 Å². The summed E-state index contributed by atoms with van der Waals surface area (Å²) in [5.74, 6) is 0.344. The molecular formula is C20H38ClNO. The number of carbonyl (C=O) groups is 1. The van der Waals surface area contributed by atoms with Crippen LogP contribution in [0.1, 0.15) is 96.8 Å². The van der Waals surface area contributed by atoms with Gasteiger partial charge in [-0.25, -0.2) is 0 Å². The predicted octanol–water partition coefficient (Wildman–Crippen LogP) is 6.29. The first kappa shape index (κ1) is 22.5. The van der Waals surface area contributed by atoms with E-state index in [1.54, 1.807) is 0 Å². The van der Waals surface area contributed by atoms with Crippen LogP contribution < -0.4 is 0 Å². The lowest BCUT2D eigenvalue weighted by Gasteiger charge is -2.24. The maximum atomic E-state index is 11.8. The third-order valence-electron chi connectivity index (χ3n) is 4.74. The quantitative estimate of drug-likeness (QED) is 0.366. The third kappa shape index (κ3) is 10.8. The molecule has 1 aliphatic rings. The Balaban J connectivity index is 0.00000484. The predicted molar refractivity (Wildman–Crippen MR) is 103 cm³/mol. The van der Waals surface area contributed by atoms with E-state index >= 15 is 0 Å². The number of nitrogens with zero attached hydrogens (tertiary/aromatic N) is 1. The molecule has 0 saturated heterocycles. The largest absolute Gasteiger partial charge is 0.372 e. The van der Waals surface area contributed by atoms with Gasteiger partial charge in [-0.3, -0.25) is 4.79 Å². The molecule has 0 unspecified atom stereocenters. The fourth-order valence-electron chi connectivity index (χ4n) is 3.25. The van der Waals surface area contributed by atoms with E-state index < -0.39 is 0 Å². The first-order chi connectivity index (χ1) is 10.8. The monoisotopic (exact) mass is 343 g/mol. The Labute approximate surface area is 150 Å². The number of rotatable bonds is 13. The van der Waals surface area contributed by atoms with Crippen molar-refractivity contribution in [2.24, 2.45) is 0 Å². The summed E-state index contributed by atoms with van der Waals surface area (Å²) in [5.41, 5.74) is 0.971. The fraction of sp³-hybridized carbons (Fsp3) is 0.850. The maximum absolute atomic E-state index is 11.8. The van der Waals surface area contributed by atoms with Crippen LogP contribution in [0.5, 0.6) is 0 Å². The molecule has 0 aromatic rings. The Morgan fingerprint density at radius 1 is 0.913 bits per heavy atom. The Kier molecular flexibility index (Phi) is 14.7. The molecule has 0 aromatic heterocycles. The van der Waals surface area contributed by atoms with Gasteiger partial charge in [0.1, 0.15) is 0 Å². The molecule has 0 amide bonds. The molecule has 0 spiro atoms. The maximum Gasteiger partial charge on any atom is 0.178 e. The van der Waals surface area contributed by atoms with Crippen LogP contribution in [-0.2, 0) is 4.79 Å². The number of halogens is 1. The van der Waals surface area contributed by atoms with Crippen molar-refractivity contribution in [1.82, 2.24) is 4.90 Å². The second-order valence-electron chi connectivity index (χ2n) is 6.86. The van der Waals surface area contributed by atoms with Crippen molar-refractivity contribution in [3.05, 3.63) is 11.8 Å². The van der Waals surface area contributed by atoms with Gasteiger partial charge >= 0.3 is 0 Å². The number of hydrogen-bond donors (Lipinski definition) is 0. The van der Waals surface area contributed by atoms with Gasteiger partial charge in [0.15, 0.2) is 5.78 Å². The van der Waals surface area contributed by atoms with Crippen molar-refractivity contribution in [3.8, 4) is 0 Å². The molecule has 0 saturated carbocycles. The summed E-state index contributed by atoms with van der Waals surface area (Å²) < 4.78 is 0. The van der Waals surface area contributed by atoms with Gasteiger partial charge in [0.25, 0.3) is 0 Å². The lowest BCUT2D eigenvalue weighted by molar-refractivity contribution is -0.117. The molecule has 0 aliphatic heterocycles. The molecule has 0 heterocycles.